The molecule has 4 heteroatoms. The third kappa shape index (κ3) is 2.82. The summed E-state index contributed by atoms with van der Waals surface area (Å²) in [7, 11) is 0. The number of H-pyrrole nitrogens is 1. The zero-order chi connectivity index (χ0) is 13.7. The van der Waals surface area contributed by atoms with Gasteiger partial charge in [0.25, 0.3) is 0 Å². The van der Waals surface area contributed by atoms with Gasteiger partial charge in [0.2, 0.25) is 0 Å². The van der Waals surface area contributed by atoms with Gasteiger partial charge in [-0.1, -0.05) is 19.1 Å². The quantitative estimate of drug-likeness (QED) is 0.772. The molecule has 0 aliphatic rings. The fourth-order valence-electron chi connectivity index (χ4n) is 2.01. The van der Waals surface area contributed by atoms with Gasteiger partial charge in [-0.3, -0.25) is 0 Å². The number of ether oxygens (including phenoxy) is 1. The van der Waals surface area contributed by atoms with Gasteiger partial charge in [0.15, 0.2) is 6.10 Å². The number of aromatic amines is 1. The summed E-state index contributed by atoms with van der Waals surface area (Å²) in [5, 5.41) is 12.0. The Bertz CT molecular complexity index is 516. The normalized spacial score (nSPS) is 16.7. The Balaban J connectivity index is 3.09. The minimum absolute atomic E-state index is 0.274. The highest BCUT2D eigenvalue weighted by molar-refractivity contribution is 5.75. The number of esters is 1. The number of aliphatic hydroxyl groups is 1. The maximum absolute atomic E-state index is 11.5. The first-order chi connectivity index (χ1) is 8.56. The molecule has 100 valence electrons. The predicted octanol–water partition coefficient (Wildman–Crippen LogP) is 0.643. The molecule has 1 aromatic rings. The summed E-state index contributed by atoms with van der Waals surface area (Å²) in [6, 6.07) is 0. The van der Waals surface area contributed by atoms with Crippen LogP contribution >= 0.6 is 0 Å². The van der Waals surface area contributed by atoms with Crippen molar-refractivity contribution in [2.45, 2.75) is 39.7 Å². The van der Waals surface area contributed by atoms with Crippen LogP contribution in [0.2, 0.25) is 0 Å². The molecule has 0 fully saturated rings. The van der Waals surface area contributed by atoms with E-state index in [0.29, 0.717) is 0 Å². The van der Waals surface area contributed by atoms with Crippen molar-refractivity contribution in [2.75, 3.05) is 6.61 Å². The Labute approximate surface area is 107 Å². The highest BCUT2D eigenvalue weighted by Gasteiger charge is 2.26. The maximum Gasteiger partial charge on any atom is 0.335 e. The van der Waals surface area contributed by atoms with Gasteiger partial charge in [-0.05, 0) is 31.6 Å². The van der Waals surface area contributed by atoms with Crippen LogP contribution in [-0.2, 0) is 9.53 Å². The van der Waals surface area contributed by atoms with Crippen LogP contribution < -0.4 is 10.6 Å². The van der Waals surface area contributed by atoms with Crippen molar-refractivity contribution in [3.05, 3.63) is 22.3 Å². The zero-order valence-corrected chi connectivity index (χ0v) is 11.4. The predicted molar refractivity (Wildman–Crippen MR) is 71.4 cm³/mol. The fraction of sp³-hybridized carbons (Fsp3) is 0.500. The smallest absolute Gasteiger partial charge is 0.335 e. The molecule has 0 bridgehead atoms. The van der Waals surface area contributed by atoms with Crippen LogP contribution in [0.15, 0.2) is 6.20 Å². The lowest BCUT2D eigenvalue weighted by Crippen LogP contribution is -2.33. The van der Waals surface area contributed by atoms with Crippen molar-refractivity contribution >= 4 is 18.1 Å². The van der Waals surface area contributed by atoms with Gasteiger partial charge in [-0.15, -0.1) is 0 Å². The van der Waals surface area contributed by atoms with E-state index in [0.717, 1.165) is 16.1 Å². The van der Waals surface area contributed by atoms with Gasteiger partial charge in [-0.25, -0.2) is 4.79 Å². The van der Waals surface area contributed by atoms with E-state index >= 15 is 0 Å². The molecule has 0 saturated heterocycles. The van der Waals surface area contributed by atoms with Gasteiger partial charge in [-0.2, -0.15) is 0 Å². The van der Waals surface area contributed by atoms with Crippen molar-refractivity contribution in [1.82, 2.24) is 4.98 Å². The molecule has 2 atom stereocenters. The SMILES string of the molecule is C/C=c1/c(C(C)C(O)C(=O)OCC)c[nH]/c1=C/C. The minimum atomic E-state index is -1.14. The molecular formula is C14H21NO3. The second-order valence-electron chi connectivity index (χ2n) is 4.13. The molecule has 0 aliphatic carbocycles. The maximum atomic E-state index is 11.5. The van der Waals surface area contributed by atoms with Crippen LogP contribution in [0, 0.1) is 0 Å². The van der Waals surface area contributed by atoms with Gasteiger partial charge in [0, 0.05) is 17.5 Å². The molecule has 0 amide bonds. The standard InChI is InChI=1S/C14H21NO3/c1-5-10-11(8-15-12(10)6-2)9(4)13(16)14(17)18-7-3/h5-6,8-9,13,15-16H,7H2,1-4H3/b10-5-,12-6+. The van der Waals surface area contributed by atoms with Crippen LogP contribution in [0.1, 0.15) is 39.2 Å². The van der Waals surface area contributed by atoms with Gasteiger partial charge in [0.1, 0.15) is 0 Å². The Hall–Kier alpha value is -1.55. The van der Waals surface area contributed by atoms with Crippen LogP contribution in [-0.4, -0.2) is 28.8 Å². The van der Waals surface area contributed by atoms with Crippen molar-refractivity contribution in [1.29, 1.82) is 0 Å². The Morgan fingerprint density at radius 2 is 2.17 bits per heavy atom. The number of aromatic nitrogens is 1. The van der Waals surface area contributed by atoms with E-state index in [-0.39, 0.29) is 12.5 Å². The summed E-state index contributed by atoms with van der Waals surface area (Å²) in [4.78, 5) is 14.7. The highest BCUT2D eigenvalue weighted by Crippen LogP contribution is 2.15. The number of nitrogens with one attached hydrogen (secondary N) is 1. The number of hydrogen-bond acceptors (Lipinski definition) is 3. The highest BCUT2D eigenvalue weighted by atomic mass is 16.5. The number of carbonyl (C=O) groups excluding carboxylic acids is 1. The molecule has 1 aromatic heterocycles. The van der Waals surface area contributed by atoms with E-state index in [4.69, 9.17) is 4.74 Å². The first-order valence-electron chi connectivity index (χ1n) is 6.21. The third-order valence-corrected chi connectivity index (χ3v) is 3.05. The number of hydrogen-bond donors (Lipinski definition) is 2. The molecular weight excluding hydrogens is 230 g/mol. The van der Waals surface area contributed by atoms with Gasteiger partial charge >= 0.3 is 5.97 Å². The molecule has 2 N–H and O–H groups in total. The lowest BCUT2D eigenvalue weighted by molar-refractivity contribution is -0.154. The average molecular weight is 251 g/mol. The monoisotopic (exact) mass is 251 g/mol. The molecule has 1 heterocycles. The summed E-state index contributed by atoms with van der Waals surface area (Å²) in [5.41, 5.74) is 0.922. The first kappa shape index (κ1) is 14.5. The van der Waals surface area contributed by atoms with E-state index < -0.39 is 12.1 Å². The molecule has 1 rings (SSSR count). The van der Waals surface area contributed by atoms with E-state index in [1.54, 1.807) is 6.92 Å². The van der Waals surface area contributed by atoms with E-state index in [2.05, 4.69) is 4.98 Å². The minimum Gasteiger partial charge on any atom is -0.464 e. The lowest BCUT2D eigenvalue weighted by Gasteiger charge is -2.16. The molecule has 0 aromatic carbocycles. The Kier molecular flexibility index (Phi) is 5.16. The lowest BCUT2D eigenvalue weighted by atomic mass is 9.96. The van der Waals surface area contributed by atoms with Gasteiger partial charge < -0.3 is 14.8 Å². The topological polar surface area (TPSA) is 62.3 Å². The average Bonchev–Trinajstić information content (AvgIpc) is 2.79. The Morgan fingerprint density at radius 3 is 2.67 bits per heavy atom. The first-order valence-corrected chi connectivity index (χ1v) is 6.21. The molecule has 0 radical (unpaired) electrons. The summed E-state index contributed by atoms with van der Waals surface area (Å²) >= 11 is 0. The van der Waals surface area contributed by atoms with Crippen LogP contribution in [0.5, 0.6) is 0 Å². The van der Waals surface area contributed by atoms with Crippen LogP contribution in [0.4, 0.5) is 0 Å². The molecule has 4 nitrogen and oxygen atoms in total. The summed E-state index contributed by atoms with van der Waals surface area (Å²) in [6.07, 6.45) is 4.62. The van der Waals surface area contributed by atoms with E-state index in [1.807, 2.05) is 39.1 Å². The second kappa shape index (κ2) is 6.40. The van der Waals surface area contributed by atoms with Crippen LogP contribution in [0.25, 0.3) is 12.2 Å². The van der Waals surface area contributed by atoms with Crippen molar-refractivity contribution in [3.8, 4) is 0 Å². The summed E-state index contributed by atoms with van der Waals surface area (Å²) < 4.78 is 4.84. The summed E-state index contributed by atoms with van der Waals surface area (Å²) in [5.74, 6) is -0.879. The van der Waals surface area contributed by atoms with Crippen molar-refractivity contribution in [2.24, 2.45) is 0 Å². The van der Waals surface area contributed by atoms with E-state index in [9.17, 15) is 9.90 Å². The third-order valence-electron chi connectivity index (χ3n) is 3.05. The number of aliphatic hydroxyl groups excluding tert-OH is 1. The van der Waals surface area contributed by atoms with Crippen LogP contribution in [0.3, 0.4) is 0 Å². The molecule has 0 aliphatic heterocycles. The van der Waals surface area contributed by atoms with Crippen molar-refractivity contribution < 1.29 is 14.6 Å². The Morgan fingerprint density at radius 1 is 1.50 bits per heavy atom. The molecule has 0 saturated carbocycles. The summed E-state index contributed by atoms with van der Waals surface area (Å²) in [6.45, 7) is 7.69. The van der Waals surface area contributed by atoms with Crippen molar-refractivity contribution in [3.63, 3.8) is 0 Å². The van der Waals surface area contributed by atoms with E-state index in [1.165, 1.54) is 0 Å². The zero-order valence-electron chi connectivity index (χ0n) is 11.4. The molecule has 2 unspecified atom stereocenters. The second-order valence-corrected chi connectivity index (χ2v) is 4.13. The molecule has 18 heavy (non-hydrogen) atoms. The molecule has 0 spiro atoms. The largest absolute Gasteiger partial charge is 0.464 e. The fourth-order valence-corrected chi connectivity index (χ4v) is 2.01. The van der Waals surface area contributed by atoms with Gasteiger partial charge in [0.05, 0.1) is 6.61 Å². The number of rotatable bonds is 4. The number of carbonyl (C=O) groups is 1.